The second-order valence-corrected chi connectivity index (χ2v) is 6.25. The van der Waals surface area contributed by atoms with Crippen molar-refractivity contribution >= 4 is 0 Å². The summed E-state index contributed by atoms with van der Waals surface area (Å²) in [5.74, 6) is 1.75. The van der Waals surface area contributed by atoms with Crippen molar-refractivity contribution in [3.63, 3.8) is 0 Å². The van der Waals surface area contributed by atoms with Gasteiger partial charge in [-0.2, -0.15) is 10.4 Å². The maximum Gasteiger partial charge on any atom is 0.267 e. The van der Waals surface area contributed by atoms with Crippen molar-refractivity contribution in [2.45, 2.75) is 20.3 Å². The van der Waals surface area contributed by atoms with E-state index < -0.39 is 0 Å². The molecule has 7 nitrogen and oxygen atoms in total. The number of pyridine rings is 1. The van der Waals surface area contributed by atoms with Crippen LogP contribution in [0, 0.1) is 25.2 Å². The first-order chi connectivity index (χ1) is 13.1. The van der Waals surface area contributed by atoms with Gasteiger partial charge in [0.05, 0.1) is 29.5 Å². The number of aromatic nitrogens is 3. The van der Waals surface area contributed by atoms with E-state index in [1.165, 1.54) is 0 Å². The molecule has 0 amide bonds. The molecule has 0 spiro atoms. The second kappa shape index (κ2) is 6.57. The third kappa shape index (κ3) is 2.91. The molecule has 1 aliphatic rings. The molecule has 0 saturated carbocycles. The standard InChI is InChI=1S/C20H16N4O3/c1-11-18(12(2)23-24-19(11)25)15-4-3-14(9-13(15)10-21)27-20-16-6-8-26-17(16)5-7-22-20/h3-5,7,9H,6,8H2,1-2H3,(H,24,25). The number of ether oxygens (including phenoxy) is 2. The Morgan fingerprint density at radius 2 is 2.15 bits per heavy atom. The highest BCUT2D eigenvalue weighted by Crippen LogP contribution is 2.35. The monoisotopic (exact) mass is 360 g/mol. The SMILES string of the molecule is Cc1n[nH]c(=O)c(C)c1-c1ccc(Oc2nccc3c2CCO3)cc1C#N. The fraction of sp³-hybridized carbons (Fsp3) is 0.200. The first-order valence-electron chi connectivity index (χ1n) is 8.47. The molecule has 4 rings (SSSR count). The van der Waals surface area contributed by atoms with Crippen LogP contribution in [0.3, 0.4) is 0 Å². The molecule has 0 atom stereocenters. The third-order valence-corrected chi connectivity index (χ3v) is 4.58. The highest BCUT2D eigenvalue weighted by atomic mass is 16.5. The lowest BCUT2D eigenvalue weighted by Gasteiger charge is -2.12. The van der Waals surface area contributed by atoms with Crippen LogP contribution in [0.15, 0.2) is 35.3 Å². The molecule has 3 heterocycles. The number of H-pyrrole nitrogens is 1. The molecule has 1 aliphatic heterocycles. The topological polar surface area (TPSA) is 101 Å². The van der Waals surface area contributed by atoms with Crippen molar-refractivity contribution in [1.82, 2.24) is 15.2 Å². The molecule has 7 heteroatoms. The summed E-state index contributed by atoms with van der Waals surface area (Å²) in [6.45, 7) is 4.11. The molecular formula is C20H16N4O3. The maximum atomic E-state index is 11.9. The van der Waals surface area contributed by atoms with Crippen molar-refractivity contribution in [3.8, 4) is 34.6 Å². The lowest BCUT2D eigenvalue weighted by atomic mass is 9.96. The number of nitriles is 1. The van der Waals surface area contributed by atoms with Crippen LogP contribution in [0.1, 0.15) is 22.4 Å². The normalized spacial score (nSPS) is 12.2. The van der Waals surface area contributed by atoms with Crippen molar-refractivity contribution in [3.05, 3.63) is 63.2 Å². The maximum absolute atomic E-state index is 11.9. The van der Waals surface area contributed by atoms with Gasteiger partial charge in [-0.25, -0.2) is 10.1 Å². The molecule has 1 aromatic carbocycles. The summed E-state index contributed by atoms with van der Waals surface area (Å²) in [4.78, 5) is 16.2. The minimum Gasteiger partial charge on any atom is -0.493 e. The highest BCUT2D eigenvalue weighted by Gasteiger charge is 2.20. The average Bonchev–Trinajstić information content (AvgIpc) is 3.16. The lowest BCUT2D eigenvalue weighted by Crippen LogP contribution is -2.14. The van der Waals surface area contributed by atoms with Gasteiger partial charge in [-0.15, -0.1) is 0 Å². The predicted molar refractivity (Wildman–Crippen MR) is 98.0 cm³/mol. The van der Waals surface area contributed by atoms with Gasteiger partial charge in [0.1, 0.15) is 11.5 Å². The number of aromatic amines is 1. The number of fused-ring (bicyclic) bond motifs is 1. The largest absolute Gasteiger partial charge is 0.493 e. The molecular weight excluding hydrogens is 344 g/mol. The smallest absolute Gasteiger partial charge is 0.267 e. The van der Waals surface area contributed by atoms with Crippen LogP contribution in [0.5, 0.6) is 17.4 Å². The van der Waals surface area contributed by atoms with Crippen LogP contribution in [0.4, 0.5) is 0 Å². The van der Waals surface area contributed by atoms with E-state index in [1.54, 1.807) is 38.2 Å². The zero-order chi connectivity index (χ0) is 19.0. The van der Waals surface area contributed by atoms with Crippen molar-refractivity contribution < 1.29 is 9.47 Å². The molecule has 0 radical (unpaired) electrons. The zero-order valence-corrected chi connectivity index (χ0v) is 14.9. The number of hydrogen-bond acceptors (Lipinski definition) is 6. The van der Waals surface area contributed by atoms with E-state index in [0.717, 1.165) is 17.7 Å². The third-order valence-electron chi connectivity index (χ3n) is 4.58. The van der Waals surface area contributed by atoms with Crippen LogP contribution in [-0.4, -0.2) is 21.8 Å². The summed E-state index contributed by atoms with van der Waals surface area (Å²) < 4.78 is 11.4. The Kier molecular flexibility index (Phi) is 4.09. The summed E-state index contributed by atoms with van der Waals surface area (Å²) in [7, 11) is 0. The second-order valence-electron chi connectivity index (χ2n) is 6.25. The molecule has 0 fully saturated rings. The van der Waals surface area contributed by atoms with Gasteiger partial charge in [-0.05, 0) is 38.1 Å². The Balaban J connectivity index is 1.76. The molecule has 0 saturated heterocycles. The van der Waals surface area contributed by atoms with E-state index in [9.17, 15) is 10.1 Å². The molecule has 2 aromatic heterocycles. The van der Waals surface area contributed by atoms with E-state index in [4.69, 9.17) is 9.47 Å². The van der Waals surface area contributed by atoms with Gasteiger partial charge >= 0.3 is 0 Å². The van der Waals surface area contributed by atoms with Gasteiger partial charge < -0.3 is 9.47 Å². The van der Waals surface area contributed by atoms with Crippen LogP contribution in [0.25, 0.3) is 11.1 Å². The summed E-state index contributed by atoms with van der Waals surface area (Å²) >= 11 is 0. The Morgan fingerprint density at radius 3 is 2.96 bits per heavy atom. The van der Waals surface area contributed by atoms with E-state index in [0.29, 0.717) is 46.2 Å². The highest BCUT2D eigenvalue weighted by molar-refractivity contribution is 5.75. The Bertz CT molecular complexity index is 1140. The number of rotatable bonds is 3. The van der Waals surface area contributed by atoms with E-state index in [1.807, 2.05) is 6.07 Å². The molecule has 3 aromatic rings. The molecule has 0 bridgehead atoms. The molecule has 134 valence electrons. The van der Waals surface area contributed by atoms with Gasteiger partial charge in [-0.1, -0.05) is 0 Å². The summed E-state index contributed by atoms with van der Waals surface area (Å²) in [5, 5.41) is 16.1. The van der Waals surface area contributed by atoms with E-state index in [2.05, 4.69) is 21.3 Å². The van der Waals surface area contributed by atoms with Gasteiger partial charge in [0.25, 0.3) is 5.56 Å². The van der Waals surface area contributed by atoms with Crippen LogP contribution < -0.4 is 15.0 Å². The van der Waals surface area contributed by atoms with E-state index in [-0.39, 0.29) is 5.56 Å². The van der Waals surface area contributed by atoms with Gasteiger partial charge in [0.15, 0.2) is 0 Å². The molecule has 0 aliphatic carbocycles. The predicted octanol–water partition coefficient (Wildman–Crippen LogP) is 3.05. The van der Waals surface area contributed by atoms with Crippen molar-refractivity contribution in [2.24, 2.45) is 0 Å². The molecule has 0 unspecified atom stereocenters. The number of aryl methyl sites for hydroxylation is 1. The minimum atomic E-state index is -0.274. The van der Waals surface area contributed by atoms with Crippen molar-refractivity contribution in [2.75, 3.05) is 6.61 Å². The number of nitrogens with one attached hydrogen (secondary N) is 1. The fourth-order valence-electron chi connectivity index (χ4n) is 3.24. The van der Waals surface area contributed by atoms with Gasteiger partial charge in [-0.3, -0.25) is 4.79 Å². The first kappa shape index (κ1) is 16.8. The quantitative estimate of drug-likeness (QED) is 0.770. The van der Waals surface area contributed by atoms with Crippen LogP contribution in [-0.2, 0) is 6.42 Å². The number of benzene rings is 1. The summed E-state index contributed by atoms with van der Waals surface area (Å²) in [6.07, 6.45) is 2.37. The molecule has 27 heavy (non-hydrogen) atoms. The van der Waals surface area contributed by atoms with Crippen LogP contribution in [0.2, 0.25) is 0 Å². The van der Waals surface area contributed by atoms with Gasteiger partial charge in [0.2, 0.25) is 5.88 Å². The van der Waals surface area contributed by atoms with E-state index >= 15 is 0 Å². The first-order valence-corrected chi connectivity index (χ1v) is 8.47. The Labute approximate surface area is 155 Å². The fourth-order valence-corrected chi connectivity index (χ4v) is 3.24. The summed E-state index contributed by atoms with van der Waals surface area (Å²) in [5.41, 5.74) is 3.52. The van der Waals surface area contributed by atoms with Crippen molar-refractivity contribution in [1.29, 1.82) is 5.26 Å². The summed E-state index contributed by atoms with van der Waals surface area (Å²) in [6, 6.07) is 9.16. The van der Waals surface area contributed by atoms with Crippen LogP contribution >= 0.6 is 0 Å². The zero-order valence-electron chi connectivity index (χ0n) is 14.9. The lowest BCUT2D eigenvalue weighted by molar-refractivity contribution is 0.356. The van der Waals surface area contributed by atoms with Gasteiger partial charge in [0, 0.05) is 29.3 Å². The molecule has 1 N–H and O–H groups in total. The Morgan fingerprint density at radius 1 is 1.30 bits per heavy atom. The average molecular weight is 360 g/mol. The number of hydrogen-bond donors (Lipinski definition) is 1. The number of nitrogens with zero attached hydrogens (tertiary/aromatic N) is 3. The minimum absolute atomic E-state index is 0.274. The Hall–Kier alpha value is -3.66.